The van der Waals surface area contributed by atoms with E-state index in [1.54, 1.807) is 18.3 Å². The maximum absolute atomic E-state index is 12.5. The van der Waals surface area contributed by atoms with Gasteiger partial charge >= 0.3 is 5.97 Å². The van der Waals surface area contributed by atoms with E-state index < -0.39 is 0 Å². The molecule has 1 saturated heterocycles. The van der Waals surface area contributed by atoms with Crippen LogP contribution in [-0.4, -0.2) is 73.8 Å². The second-order valence-corrected chi connectivity index (χ2v) is 8.27. The summed E-state index contributed by atoms with van der Waals surface area (Å²) >= 11 is 5.60. The van der Waals surface area contributed by atoms with E-state index in [0.29, 0.717) is 37.1 Å². The van der Waals surface area contributed by atoms with Gasteiger partial charge in [-0.25, -0.2) is 9.78 Å². The predicted molar refractivity (Wildman–Crippen MR) is 126 cm³/mol. The summed E-state index contributed by atoms with van der Waals surface area (Å²) in [5.41, 5.74) is 1.73. The number of hydrogen-bond acceptors (Lipinski definition) is 7. The van der Waals surface area contributed by atoms with Crippen molar-refractivity contribution in [2.45, 2.75) is 26.5 Å². The second kappa shape index (κ2) is 12.6. The highest BCUT2D eigenvalue weighted by molar-refractivity contribution is 6.17. The molecule has 1 aromatic heterocycles. The highest BCUT2D eigenvalue weighted by Crippen LogP contribution is 2.22. The lowest BCUT2D eigenvalue weighted by Gasteiger charge is -2.36. The van der Waals surface area contributed by atoms with Crippen molar-refractivity contribution in [1.29, 1.82) is 0 Å². The Bertz CT molecular complexity index is 857. The molecule has 8 heteroatoms. The lowest BCUT2D eigenvalue weighted by atomic mass is 10.1. The monoisotopic (exact) mass is 461 g/mol. The van der Waals surface area contributed by atoms with Gasteiger partial charge < -0.3 is 19.1 Å². The lowest BCUT2D eigenvalue weighted by Crippen LogP contribution is -2.46. The Morgan fingerprint density at radius 1 is 1.09 bits per heavy atom. The van der Waals surface area contributed by atoms with Gasteiger partial charge in [-0.15, -0.1) is 11.6 Å². The molecule has 0 spiro atoms. The van der Waals surface area contributed by atoms with Crippen molar-refractivity contribution in [2.75, 3.05) is 56.8 Å². The van der Waals surface area contributed by atoms with Gasteiger partial charge in [0, 0.05) is 44.8 Å². The summed E-state index contributed by atoms with van der Waals surface area (Å²) in [4.78, 5) is 21.5. The Morgan fingerprint density at radius 3 is 2.66 bits per heavy atom. The number of ether oxygens (including phenoxy) is 3. The molecule has 0 N–H and O–H groups in total. The van der Waals surface area contributed by atoms with Gasteiger partial charge in [-0.2, -0.15) is 0 Å². The number of pyridine rings is 1. The summed E-state index contributed by atoms with van der Waals surface area (Å²) in [6, 6.07) is 11.7. The molecule has 0 bridgehead atoms. The first-order valence-corrected chi connectivity index (χ1v) is 11.6. The number of halogens is 1. The summed E-state index contributed by atoms with van der Waals surface area (Å²) in [6.07, 6.45) is 1.56. The zero-order valence-electron chi connectivity index (χ0n) is 18.8. The first-order valence-electron chi connectivity index (χ1n) is 11.1. The van der Waals surface area contributed by atoms with Crippen molar-refractivity contribution in [3.63, 3.8) is 0 Å². The van der Waals surface area contributed by atoms with Crippen LogP contribution < -0.4 is 9.64 Å². The number of carbonyl (C=O) groups is 1. The minimum atomic E-state index is -0.324. The first-order chi connectivity index (χ1) is 15.6. The molecule has 2 heterocycles. The lowest BCUT2D eigenvalue weighted by molar-refractivity contribution is 0.0378. The Labute approximate surface area is 195 Å². The Balaban J connectivity index is 1.52. The first kappa shape index (κ1) is 24.3. The fourth-order valence-electron chi connectivity index (χ4n) is 3.57. The summed E-state index contributed by atoms with van der Waals surface area (Å²) in [7, 11) is 0. The van der Waals surface area contributed by atoms with Crippen LogP contribution in [0, 0.1) is 0 Å². The fourth-order valence-corrected chi connectivity index (χ4v) is 3.68. The number of carbonyl (C=O) groups excluding carboxylic acids is 1. The van der Waals surface area contributed by atoms with Crippen LogP contribution in [0.3, 0.4) is 0 Å². The number of anilines is 1. The summed E-state index contributed by atoms with van der Waals surface area (Å²) in [6.45, 7) is 9.47. The van der Waals surface area contributed by atoms with E-state index in [9.17, 15) is 4.79 Å². The SMILES string of the molecule is CC(C)OC(=O)c1cccnc1N1CCN(Cc2cccc(OCCOCCCl)c2)CC1. The van der Waals surface area contributed by atoms with E-state index in [2.05, 4.69) is 26.9 Å². The third kappa shape index (κ3) is 7.36. The zero-order chi connectivity index (χ0) is 22.8. The number of piperazine rings is 1. The third-order valence-electron chi connectivity index (χ3n) is 5.04. The van der Waals surface area contributed by atoms with E-state index in [0.717, 1.165) is 38.5 Å². The fraction of sp³-hybridized carbons (Fsp3) is 0.500. The van der Waals surface area contributed by atoms with Crippen LogP contribution in [0.2, 0.25) is 0 Å². The van der Waals surface area contributed by atoms with Gasteiger partial charge in [-0.3, -0.25) is 4.90 Å². The summed E-state index contributed by atoms with van der Waals surface area (Å²) in [5, 5.41) is 0. The van der Waals surface area contributed by atoms with E-state index in [4.69, 9.17) is 25.8 Å². The highest BCUT2D eigenvalue weighted by atomic mass is 35.5. The molecule has 0 unspecified atom stereocenters. The largest absolute Gasteiger partial charge is 0.491 e. The molecule has 32 heavy (non-hydrogen) atoms. The third-order valence-corrected chi connectivity index (χ3v) is 5.20. The van der Waals surface area contributed by atoms with Gasteiger partial charge in [0.05, 0.1) is 19.3 Å². The molecule has 174 valence electrons. The van der Waals surface area contributed by atoms with Crippen molar-refractivity contribution < 1.29 is 19.0 Å². The predicted octanol–water partition coefficient (Wildman–Crippen LogP) is 3.60. The molecule has 0 amide bonds. The number of nitrogens with zero attached hydrogens (tertiary/aromatic N) is 3. The number of rotatable bonds is 11. The molecule has 1 fully saturated rings. The second-order valence-electron chi connectivity index (χ2n) is 7.89. The molecular weight excluding hydrogens is 430 g/mol. The minimum absolute atomic E-state index is 0.162. The van der Waals surface area contributed by atoms with Crippen molar-refractivity contribution in [1.82, 2.24) is 9.88 Å². The summed E-state index contributed by atoms with van der Waals surface area (Å²) in [5.74, 6) is 1.71. The maximum Gasteiger partial charge on any atom is 0.342 e. The number of aromatic nitrogens is 1. The number of benzene rings is 1. The van der Waals surface area contributed by atoms with Gasteiger partial charge in [-0.05, 0) is 43.7 Å². The van der Waals surface area contributed by atoms with Crippen molar-refractivity contribution in [3.8, 4) is 5.75 Å². The van der Waals surface area contributed by atoms with Crippen LogP contribution in [0.25, 0.3) is 0 Å². The molecule has 0 aliphatic carbocycles. The van der Waals surface area contributed by atoms with Crippen molar-refractivity contribution >= 4 is 23.4 Å². The van der Waals surface area contributed by atoms with Crippen molar-refractivity contribution in [2.24, 2.45) is 0 Å². The molecular formula is C24H32ClN3O4. The average molecular weight is 462 g/mol. The maximum atomic E-state index is 12.5. The average Bonchev–Trinajstić information content (AvgIpc) is 2.79. The van der Waals surface area contributed by atoms with Crippen LogP contribution in [-0.2, 0) is 16.0 Å². The van der Waals surface area contributed by atoms with E-state index in [-0.39, 0.29) is 12.1 Å². The molecule has 1 aromatic carbocycles. The van der Waals surface area contributed by atoms with Crippen molar-refractivity contribution in [3.05, 3.63) is 53.7 Å². The van der Waals surface area contributed by atoms with Crippen LogP contribution >= 0.6 is 11.6 Å². The Kier molecular flexibility index (Phi) is 9.59. The van der Waals surface area contributed by atoms with Gasteiger partial charge in [-0.1, -0.05) is 12.1 Å². The van der Waals surface area contributed by atoms with Crippen LogP contribution in [0.1, 0.15) is 29.8 Å². The molecule has 0 saturated carbocycles. The standard InChI is InChI=1S/C24H32ClN3O4/c1-19(2)32-24(29)22-7-4-9-26-23(22)28-12-10-27(11-13-28)18-20-5-3-6-21(17-20)31-16-15-30-14-8-25/h3-7,9,17,19H,8,10-16,18H2,1-2H3. The van der Waals surface area contributed by atoms with Gasteiger partial charge in [0.15, 0.2) is 0 Å². The normalized spacial score (nSPS) is 14.6. The minimum Gasteiger partial charge on any atom is -0.491 e. The van der Waals surface area contributed by atoms with Gasteiger partial charge in [0.2, 0.25) is 0 Å². The molecule has 0 atom stereocenters. The smallest absolute Gasteiger partial charge is 0.342 e. The molecule has 7 nitrogen and oxygen atoms in total. The van der Waals surface area contributed by atoms with E-state index in [1.165, 1.54) is 5.56 Å². The molecule has 1 aliphatic heterocycles. The van der Waals surface area contributed by atoms with E-state index in [1.807, 2.05) is 26.0 Å². The Morgan fingerprint density at radius 2 is 1.91 bits per heavy atom. The topological polar surface area (TPSA) is 64.1 Å². The Hall–Kier alpha value is -2.35. The number of alkyl halides is 1. The number of esters is 1. The van der Waals surface area contributed by atoms with Gasteiger partial charge in [0.25, 0.3) is 0 Å². The van der Waals surface area contributed by atoms with Crippen LogP contribution in [0.5, 0.6) is 5.75 Å². The molecule has 1 aliphatic rings. The number of hydrogen-bond donors (Lipinski definition) is 0. The van der Waals surface area contributed by atoms with Crippen LogP contribution in [0.15, 0.2) is 42.6 Å². The molecule has 3 rings (SSSR count). The highest BCUT2D eigenvalue weighted by Gasteiger charge is 2.23. The quantitative estimate of drug-likeness (QED) is 0.288. The van der Waals surface area contributed by atoms with Crippen LogP contribution in [0.4, 0.5) is 5.82 Å². The molecule has 2 aromatic rings. The molecule has 0 radical (unpaired) electrons. The van der Waals surface area contributed by atoms with E-state index >= 15 is 0 Å². The summed E-state index contributed by atoms with van der Waals surface area (Å²) < 4.78 is 16.5. The van der Waals surface area contributed by atoms with Gasteiger partial charge in [0.1, 0.15) is 23.7 Å². The zero-order valence-corrected chi connectivity index (χ0v) is 19.6.